The quantitative estimate of drug-likeness (QED) is 0.424. The lowest BCUT2D eigenvalue weighted by molar-refractivity contribution is -0.385. The summed E-state index contributed by atoms with van der Waals surface area (Å²) < 4.78 is 5.44. The van der Waals surface area contributed by atoms with Gasteiger partial charge in [-0.05, 0) is 30.8 Å². The minimum absolute atomic E-state index is 0.110. The Kier molecular flexibility index (Phi) is 6.46. The number of hydrogen-bond donors (Lipinski definition) is 1. The van der Waals surface area contributed by atoms with Crippen LogP contribution in [0.3, 0.4) is 0 Å². The zero-order valence-electron chi connectivity index (χ0n) is 14.6. The van der Waals surface area contributed by atoms with Crippen LogP contribution < -0.4 is 10.5 Å². The van der Waals surface area contributed by atoms with Crippen molar-refractivity contribution in [3.8, 4) is 5.75 Å². The van der Waals surface area contributed by atoms with Crippen LogP contribution in [0.4, 0.5) is 5.69 Å². The number of primary amides is 1. The molecule has 2 rings (SSSR count). The molecule has 2 N–H and O–H groups in total. The molecule has 1 amide bonds. The highest BCUT2D eigenvalue weighted by molar-refractivity contribution is 5.93. The number of rotatable bonds is 9. The van der Waals surface area contributed by atoms with Crippen LogP contribution in [0, 0.1) is 10.1 Å². The van der Waals surface area contributed by atoms with Crippen molar-refractivity contribution in [3.05, 3.63) is 81.9 Å². The zero-order chi connectivity index (χ0) is 19.1. The Hall–Kier alpha value is -3.19. The first-order chi connectivity index (χ1) is 12.4. The van der Waals surface area contributed by atoms with E-state index in [0.29, 0.717) is 25.3 Å². The van der Waals surface area contributed by atoms with E-state index in [9.17, 15) is 14.9 Å². The monoisotopic (exact) mass is 355 g/mol. The molecule has 7 heteroatoms. The molecule has 0 bridgehead atoms. The van der Waals surface area contributed by atoms with Gasteiger partial charge in [0.2, 0.25) is 5.91 Å². The summed E-state index contributed by atoms with van der Waals surface area (Å²) in [6, 6.07) is 11.9. The van der Waals surface area contributed by atoms with Crippen molar-refractivity contribution >= 4 is 11.6 Å². The van der Waals surface area contributed by atoms with Crippen LogP contribution in [0.5, 0.6) is 5.75 Å². The third-order valence-corrected chi connectivity index (χ3v) is 3.75. The number of nitro benzene ring substituents is 1. The summed E-state index contributed by atoms with van der Waals surface area (Å²) in [6.45, 7) is 5.02. The van der Waals surface area contributed by atoms with E-state index in [1.54, 1.807) is 12.1 Å². The number of carbonyl (C=O) groups excluding carboxylic acids is 1. The van der Waals surface area contributed by atoms with Crippen molar-refractivity contribution < 1.29 is 14.5 Å². The molecule has 0 aromatic heterocycles. The predicted molar refractivity (Wildman–Crippen MR) is 98.9 cm³/mol. The molecule has 2 aromatic rings. The van der Waals surface area contributed by atoms with E-state index < -0.39 is 10.8 Å². The molecule has 0 spiro atoms. The Morgan fingerprint density at radius 2 is 1.96 bits per heavy atom. The predicted octanol–water partition coefficient (Wildman–Crippen LogP) is 2.89. The fourth-order valence-corrected chi connectivity index (χ4v) is 2.53. The normalized spacial score (nSPS) is 10.5. The first kappa shape index (κ1) is 19.1. The van der Waals surface area contributed by atoms with Crippen LogP contribution >= 0.6 is 0 Å². The maximum absolute atomic E-state index is 11.3. The standard InChI is InChI=1S/C19H21N3O4/c1-3-10-26-17-8-4-14(5-9-17)12-21(2)13-16-7-6-15(19(20)23)11-18(16)22(24)25/h3-9,11H,1,10,12-13H2,2H3,(H2,20,23). The summed E-state index contributed by atoms with van der Waals surface area (Å²) in [6.07, 6.45) is 1.68. The van der Waals surface area contributed by atoms with Crippen LogP contribution in [-0.4, -0.2) is 29.4 Å². The molecule has 7 nitrogen and oxygen atoms in total. The van der Waals surface area contributed by atoms with Gasteiger partial charge in [0.25, 0.3) is 5.69 Å². The Bertz CT molecular complexity index is 803. The van der Waals surface area contributed by atoms with Crippen molar-refractivity contribution in [1.29, 1.82) is 0 Å². The number of ether oxygens (including phenoxy) is 1. The summed E-state index contributed by atoms with van der Waals surface area (Å²) in [5, 5.41) is 11.3. The fourth-order valence-electron chi connectivity index (χ4n) is 2.53. The minimum atomic E-state index is -0.688. The number of carbonyl (C=O) groups is 1. The van der Waals surface area contributed by atoms with Gasteiger partial charge in [0, 0.05) is 30.3 Å². The van der Waals surface area contributed by atoms with Gasteiger partial charge >= 0.3 is 0 Å². The van der Waals surface area contributed by atoms with Gasteiger partial charge in [-0.15, -0.1) is 0 Å². The lowest BCUT2D eigenvalue weighted by atomic mass is 10.1. The molecule has 0 atom stereocenters. The Morgan fingerprint density at radius 3 is 2.54 bits per heavy atom. The lowest BCUT2D eigenvalue weighted by Crippen LogP contribution is -2.18. The van der Waals surface area contributed by atoms with Crippen molar-refractivity contribution in [2.75, 3.05) is 13.7 Å². The molecule has 0 radical (unpaired) electrons. The molecule has 0 saturated heterocycles. The molecule has 0 fully saturated rings. The van der Waals surface area contributed by atoms with Crippen molar-refractivity contribution in [1.82, 2.24) is 4.90 Å². The number of amides is 1. The van der Waals surface area contributed by atoms with Crippen molar-refractivity contribution in [2.24, 2.45) is 5.73 Å². The average molecular weight is 355 g/mol. The van der Waals surface area contributed by atoms with Crippen LogP contribution in [-0.2, 0) is 13.1 Å². The van der Waals surface area contributed by atoms with Crippen LogP contribution in [0.1, 0.15) is 21.5 Å². The molecule has 0 saturated carbocycles. The number of benzene rings is 2. The first-order valence-electron chi connectivity index (χ1n) is 7.99. The Morgan fingerprint density at radius 1 is 1.27 bits per heavy atom. The second-order valence-electron chi connectivity index (χ2n) is 5.88. The van der Waals surface area contributed by atoms with E-state index in [0.717, 1.165) is 11.3 Å². The third-order valence-electron chi connectivity index (χ3n) is 3.75. The lowest BCUT2D eigenvalue weighted by Gasteiger charge is -2.17. The summed E-state index contributed by atoms with van der Waals surface area (Å²) >= 11 is 0. The number of nitrogens with zero attached hydrogens (tertiary/aromatic N) is 2. The molecule has 0 aliphatic rings. The van der Waals surface area contributed by atoms with E-state index in [-0.39, 0.29) is 11.3 Å². The molecule has 0 aliphatic carbocycles. The van der Waals surface area contributed by atoms with E-state index in [2.05, 4.69) is 6.58 Å². The summed E-state index contributed by atoms with van der Waals surface area (Å²) in [5.41, 5.74) is 6.78. The topological polar surface area (TPSA) is 98.7 Å². The summed E-state index contributed by atoms with van der Waals surface area (Å²) in [5.74, 6) is 0.0701. The van der Waals surface area contributed by atoms with Gasteiger partial charge in [-0.25, -0.2) is 0 Å². The summed E-state index contributed by atoms with van der Waals surface area (Å²) in [4.78, 5) is 23.9. The van der Waals surface area contributed by atoms with Gasteiger partial charge in [0.15, 0.2) is 0 Å². The molecule has 136 valence electrons. The molecule has 0 heterocycles. The molecule has 26 heavy (non-hydrogen) atoms. The molecule has 0 aliphatic heterocycles. The zero-order valence-corrected chi connectivity index (χ0v) is 14.6. The fraction of sp³-hybridized carbons (Fsp3) is 0.211. The SMILES string of the molecule is C=CCOc1ccc(CN(C)Cc2ccc(C(N)=O)cc2[N+](=O)[O-])cc1. The highest BCUT2D eigenvalue weighted by Crippen LogP contribution is 2.22. The van der Waals surface area contributed by atoms with Gasteiger partial charge in [-0.2, -0.15) is 0 Å². The van der Waals surface area contributed by atoms with Crippen LogP contribution in [0.15, 0.2) is 55.1 Å². The van der Waals surface area contributed by atoms with Crippen molar-refractivity contribution in [3.63, 3.8) is 0 Å². The highest BCUT2D eigenvalue weighted by atomic mass is 16.6. The second kappa shape index (κ2) is 8.77. The molecule has 0 unspecified atom stereocenters. The molecule has 2 aromatic carbocycles. The maximum Gasteiger partial charge on any atom is 0.274 e. The Balaban J connectivity index is 2.07. The minimum Gasteiger partial charge on any atom is -0.490 e. The van der Waals surface area contributed by atoms with Crippen molar-refractivity contribution in [2.45, 2.75) is 13.1 Å². The second-order valence-corrected chi connectivity index (χ2v) is 5.88. The highest BCUT2D eigenvalue weighted by Gasteiger charge is 2.17. The number of nitrogens with two attached hydrogens (primary N) is 1. The van der Waals surface area contributed by atoms with Crippen LogP contribution in [0.2, 0.25) is 0 Å². The van der Waals surface area contributed by atoms with Gasteiger partial charge in [0.05, 0.1) is 4.92 Å². The Labute approximate surface area is 151 Å². The van der Waals surface area contributed by atoms with E-state index in [4.69, 9.17) is 10.5 Å². The van der Waals surface area contributed by atoms with Crippen LogP contribution in [0.25, 0.3) is 0 Å². The number of hydrogen-bond acceptors (Lipinski definition) is 5. The first-order valence-corrected chi connectivity index (χ1v) is 7.99. The van der Waals surface area contributed by atoms with E-state index in [1.807, 2.05) is 36.2 Å². The maximum atomic E-state index is 11.3. The average Bonchev–Trinajstić information content (AvgIpc) is 2.61. The largest absolute Gasteiger partial charge is 0.490 e. The van der Waals surface area contributed by atoms with Gasteiger partial charge in [-0.3, -0.25) is 19.8 Å². The van der Waals surface area contributed by atoms with Gasteiger partial charge in [-0.1, -0.05) is 30.9 Å². The third kappa shape index (κ3) is 5.15. The van der Waals surface area contributed by atoms with E-state index >= 15 is 0 Å². The van der Waals surface area contributed by atoms with Gasteiger partial charge < -0.3 is 10.5 Å². The van der Waals surface area contributed by atoms with E-state index in [1.165, 1.54) is 12.1 Å². The summed E-state index contributed by atoms with van der Waals surface area (Å²) in [7, 11) is 1.87. The molecular weight excluding hydrogens is 334 g/mol. The molecular formula is C19H21N3O4. The smallest absolute Gasteiger partial charge is 0.274 e. The van der Waals surface area contributed by atoms with Gasteiger partial charge in [0.1, 0.15) is 12.4 Å². The number of nitro groups is 1.